The largest absolute Gasteiger partial charge is 0.399 e. The lowest BCUT2D eigenvalue weighted by molar-refractivity contribution is 0.323. The Morgan fingerprint density at radius 3 is 2.40 bits per heavy atom. The van der Waals surface area contributed by atoms with Gasteiger partial charge in [0.2, 0.25) is 0 Å². The molecule has 0 aliphatic heterocycles. The topological polar surface area (TPSA) is 87.9 Å². The van der Waals surface area contributed by atoms with Gasteiger partial charge in [0.25, 0.3) is 0 Å². The van der Waals surface area contributed by atoms with Gasteiger partial charge in [-0.05, 0) is 36.5 Å². The first-order valence-corrected chi connectivity index (χ1v) is 5.11. The number of nitrogens with two attached hydrogens (primary N) is 2. The third-order valence-corrected chi connectivity index (χ3v) is 2.91. The number of nitrogen functional groups attached to an aromatic ring is 1. The van der Waals surface area contributed by atoms with Gasteiger partial charge in [0.15, 0.2) is 5.96 Å². The Labute approximate surface area is 89.2 Å². The van der Waals surface area contributed by atoms with Crippen molar-refractivity contribution in [2.45, 2.75) is 24.8 Å². The predicted octanol–water partition coefficient (Wildman–Crippen LogP) is 0.998. The van der Waals surface area contributed by atoms with Crippen molar-refractivity contribution in [3.8, 4) is 0 Å². The van der Waals surface area contributed by atoms with Crippen LogP contribution < -0.4 is 16.8 Å². The smallest absolute Gasteiger partial charge is 0.185 e. The molecule has 1 aliphatic rings. The molecule has 6 N–H and O–H groups in total. The van der Waals surface area contributed by atoms with Crippen molar-refractivity contribution >= 4 is 11.6 Å². The molecule has 0 unspecified atom stereocenters. The van der Waals surface area contributed by atoms with Crippen LogP contribution in [0.4, 0.5) is 5.69 Å². The lowest BCUT2D eigenvalue weighted by atomic mass is 9.76. The van der Waals surface area contributed by atoms with E-state index in [1.54, 1.807) is 0 Å². The molecule has 2 rings (SSSR count). The summed E-state index contributed by atoms with van der Waals surface area (Å²) in [6, 6.07) is 8.38. The first kappa shape index (κ1) is 9.83. The van der Waals surface area contributed by atoms with Gasteiger partial charge in [0, 0.05) is 11.7 Å². The fourth-order valence-electron chi connectivity index (χ4n) is 2.00. The normalized spacial score (nSPS) is 24.3. The van der Waals surface area contributed by atoms with Crippen LogP contribution in [0.25, 0.3) is 0 Å². The molecule has 0 heterocycles. The fourth-order valence-corrected chi connectivity index (χ4v) is 2.00. The van der Waals surface area contributed by atoms with Crippen LogP contribution in [-0.2, 0) is 0 Å². The summed E-state index contributed by atoms with van der Waals surface area (Å²) in [5.74, 6) is 0.651. The summed E-state index contributed by atoms with van der Waals surface area (Å²) < 4.78 is 0. The predicted molar refractivity (Wildman–Crippen MR) is 61.7 cm³/mol. The SMILES string of the molecule is N=C(N)NC1CC(c2ccc(N)cc2)C1. The molecule has 0 amide bonds. The van der Waals surface area contributed by atoms with Gasteiger partial charge in [-0.3, -0.25) is 5.41 Å². The van der Waals surface area contributed by atoms with Gasteiger partial charge in [0.05, 0.1) is 0 Å². The zero-order valence-electron chi connectivity index (χ0n) is 8.53. The minimum Gasteiger partial charge on any atom is -0.399 e. The highest BCUT2D eigenvalue weighted by Gasteiger charge is 2.30. The Morgan fingerprint density at radius 1 is 1.27 bits per heavy atom. The molecule has 1 aromatic rings. The van der Waals surface area contributed by atoms with Crippen LogP contribution in [0.5, 0.6) is 0 Å². The second-order valence-corrected chi connectivity index (χ2v) is 4.09. The highest BCUT2D eigenvalue weighted by atomic mass is 15.1. The summed E-state index contributed by atoms with van der Waals surface area (Å²) >= 11 is 0. The summed E-state index contributed by atoms with van der Waals surface area (Å²) in [4.78, 5) is 0. The monoisotopic (exact) mass is 204 g/mol. The molecule has 80 valence electrons. The van der Waals surface area contributed by atoms with Gasteiger partial charge in [-0.25, -0.2) is 0 Å². The van der Waals surface area contributed by atoms with E-state index in [-0.39, 0.29) is 5.96 Å². The zero-order valence-corrected chi connectivity index (χ0v) is 8.53. The van der Waals surface area contributed by atoms with Crippen molar-refractivity contribution in [3.05, 3.63) is 29.8 Å². The van der Waals surface area contributed by atoms with Gasteiger partial charge in [-0.1, -0.05) is 12.1 Å². The van der Waals surface area contributed by atoms with Crippen molar-refractivity contribution in [2.24, 2.45) is 5.73 Å². The molecule has 0 aromatic heterocycles. The van der Waals surface area contributed by atoms with E-state index in [9.17, 15) is 0 Å². The Balaban J connectivity index is 1.89. The van der Waals surface area contributed by atoms with Crippen LogP contribution in [0.1, 0.15) is 24.3 Å². The van der Waals surface area contributed by atoms with E-state index in [1.807, 2.05) is 12.1 Å². The second-order valence-electron chi connectivity index (χ2n) is 4.09. The van der Waals surface area contributed by atoms with Gasteiger partial charge in [-0.15, -0.1) is 0 Å². The molecule has 0 atom stereocenters. The first-order chi connectivity index (χ1) is 7.15. The third kappa shape index (κ3) is 2.21. The molecule has 4 nitrogen and oxygen atoms in total. The Kier molecular flexibility index (Phi) is 2.49. The summed E-state index contributed by atoms with van der Waals surface area (Å²) in [7, 11) is 0. The van der Waals surface area contributed by atoms with E-state index in [4.69, 9.17) is 16.9 Å². The maximum Gasteiger partial charge on any atom is 0.185 e. The minimum absolute atomic E-state index is 0.0655. The summed E-state index contributed by atoms with van der Waals surface area (Å²) in [6.07, 6.45) is 2.09. The van der Waals surface area contributed by atoms with Crippen LogP contribution in [0.3, 0.4) is 0 Å². The molecular weight excluding hydrogens is 188 g/mol. The van der Waals surface area contributed by atoms with Crippen molar-refractivity contribution in [1.82, 2.24) is 5.32 Å². The highest BCUT2D eigenvalue weighted by molar-refractivity contribution is 5.74. The molecule has 0 saturated heterocycles. The van der Waals surface area contributed by atoms with Crippen LogP contribution in [-0.4, -0.2) is 12.0 Å². The zero-order chi connectivity index (χ0) is 10.8. The van der Waals surface area contributed by atoms with E-state index in [1.165, 1.54) is 5.56 Å². The maximum absolute atomic E-state index is 7.11. The van der Waals surface area contributed by atoms with Crippen molar-refractivity contribution in [2.75, 3.05) is 5.73 Å². The first-order valence-electron chi connectivity index (χ1n) is 5.11. The van der Waals surface area contributed by atoms with Gasteiger partial charge < -0.3 is 16.8 Å². The van der Waals surface area contributed by atoms with Crippen LogP contribution in [0, 0.1) is 5.41 Å². The van der Waals surface area contributed by atoms with Gasteiger partial charge in [0.1, 0.15) is 0 Å². The summed E-state index contributed by atoms with van der Waals surface area (Å²) in [6.45, 7) is 0. The average molecular weight is 204 g/mol. The lowest BCUT2D eigenvalue weighted by Crippen LogP contribution is -2.46. The number of hydrogen-bond acceptors (Lipinski definition) is 2. The lowest BCUT2D eigenvalue weighted by Gasteiger charge is -2.36. The molecule has 4 heteroatoms. The van der Waals surface area contributed by atoms with E-state index in [0.717, 1.165) is 18.5 Å². The van der Waals surface area contributed by atoms with Crippen LogP contribution in [0.2, 0.25) is 0 Å². The quantitative estimate of drug-likeness (QED) is 0.329. The van der Waals surface area contributed by atoms with E-state index >= 15 is 0 Å². The van der Waals surface area contributed by atoms with E-state index in [2.05, 4.69) is 17.4 Å². The number of rotatable bonds is 2. The number of benzene rings is 1. The number of hydrogen-bond donors (Lipinski definition) is 4. The summed E-state index contributed by atoms with van der Waals surface area (Å²) in [5, 5.41) is 10.0. The maximum atomic E-state index is 7.11. The standard InChI is InChI=1S/C11H16N4/c12-9-3-1-7(2-4-9)8-5-10(6-8)15-11(13)14/h1-4,8,10H,5-6,12H2,(H4,13,14,15). The van der Waals surface area contributed by atoms with Crippen molar-refractivity contribution in [3.63, 3.8) is 0 Å². The number of nitrogens with one attached hydrogen (secondary N) is 2. The highest BCUT2D eigenvalue weighted by Crippen LogP contribution is 2.36. The molecule has 0 radical (unpaired) electrons. The van der Waals surface area contributed by atoms with Gasteiger partial charge in [-0.2, -0.15) is 0 Å². The van der Waals surface area contributed by atoms with Crippen molar-refractivity contribution in [1.29, 1.82) is 5.41 Å². The number of anilines is 1. The molecule has 1 saturated carbocycles. The Bertz CT molecular complexity index is 351. The summed E-state index contributed by atoms with van der Waals surface area (Å²) in [5.41, 5.74) is 13.0. The third-order valence-electron chi connectivity index (χ3n) is 2.91. The molecule has 15 heavy (non-hydrogen) atoms. The molecule has 1 aliphatic carbocycles. The molecular formula is C11H16N4. The van der Waals surface area contributed by atoms with Gasteiger partial charge >= 0.3 is 0 Å². The minimum atomic E-state index is 0.0655. The second kappa shape index (κ2) is 3.81. The Hall–Kier alpha value is -1.71. The fraction of sp³-hybridized carbons (Fsp3) is 0.364. The van der Waals surface area contributed by atoms with Crippen molar-refractivity contribution < 1.29 is 0 Å². The average Bonchev–Trinajstić information content (AvgIpc) is 2.12. The van der Waals surface area contributed by atoms with E-state index < -0.39 is 0 Å². The number of guanidine groups is 1. The molecule has 1 fully saturated rings. The molecule has 0 spiro atoms. The van der Waals surface area contributed by atoms with E-state index in [0.29, 0.717) is 12.0 Å². The molecule has 0 bridgehead atoms. The Morgan fingerprint density at radius 2 is 1.87 bits per heavy atom. The molecule has 1 aromatic carbocycles. The van der Waals surface area contributed by atoms with Crippen LogP contribution >= 0.6 is 0 Å². The van der Waals surface area contributed by atoms with Crippen LogP contribution in [0.15, 0.2) is 24.3 Å².